The number of rotatable bonds is 9. The maximum atomic E-state index is 14.1. The molecule has 2 N–H and O–H groups in total. The Bertz CT molecular complexity index is 1530. The molecule has 39 heavy (non-hydrogen) atoms. The molecule has 0 radical (unpaired) electrons. The number of carbonyl (C=O) groups is 2. The Morgan fingerprint density at radius 1 is 0.949 bits per heavy atom. The van der Waals surface area contributed by atoms with Crippen molar-refractivity contribution >= 4 is 23.0 Å². The number of hydrogen-bond acceptors (Lipinski definition) is 4. The Labute approximate surface area is 222 Å². The summed E-state index contributed by atoms with van der Waals surface area (Å²) in [7, 11) is 1.09. The van der Waals surface area contributed by atoms with E-state index in [0.717, 1.165) is 18.7 Å². The van der Waals surface area contributed by atoms with Crippen molar-refractivity contribution in [3.63, 3.8) is 0 Å². The van der Waals surface area contributed by atoms with Crippen LogP contribution in [0.15, 0.2) is 77.6 Å². The minimum absolute atomic E-state index is 0.0170. The van der Waals surface area contributed by atoms with Gasteiger partial charge in [0, 0.05) is 13.6 Å². The van der Waals surface area contributed by atoms with Crippen LogP contribution >= 0.6 is 0 Å². The van der Waals surface area contributed by atoms with E-state index in [1.54, 1.807) is 36.4 Å². The number of alkyl halides is 3. The molecule has 0 saturated carbocycles. The van der Waals surface area contributed by atoms with Gasteiger partial charge in [-0.3, -0.25) is 18.8 Å². The van der Waals surface area contributed by atoms with Gasteiger partial charge in [0.1, 0.15) is 5.75 Å². The first kappa shape index (κ1) is 27.5. The first-order valence-electron chi connectivity index (χ1n) is 12.2. The van der Waals surface area contributed by atoms with Crippen molar-refractivity contribution in [1.29, 1.82) is 0 Å². The molecule has 0 bridgehead atoms. The number of ether oxygens (including phenoxy) is 1. The molecule has 11 heteroatoms. The standard InChI is InChI=1S/C28H27F3N4O4/c1-33(26(32)37)24(36)17-21-22(28(29,30)31)13-14-23-25(21)34(15-8-16-39-20-11-6-3-7-12-20)27(38)35(23)18-19-9-4-2-5-10-19/h2-7,9-14H,8,15-18H2,1H3,(H2,32,37). The second-order valence-electron chi connectivity index (χ2n) is 8.95. The van der Waals surface area contributed by atoms with Gasteiger partial charge in [-0.05, 0) is 41.8 Å². The molecule has 0 spiro atoms. The van der Waals surface area contributed by atoms with Gasteiger partial charge < -0.3 is 10.5 Å². The number of imide groups is 1. The van der Waals surface area contributed by atoms with E-state index in [1.807, 2.05) is 24.3 Å². The maximum absolute atomic E-state index is 14.1. The molecule has 0 saturated heterocycles. The molecule has 0 atom stereocenters. The number of aryl methyl sites for hydroxylation is 1. The summed E-state index contributed by atoms with van der Waals surface area (Å²) in [6.45, 7) is 0.362. The van der Waals surface area contributed by atoms with Crippen molar-refractivity contribution in [2.24, 2.45) is 5.73 Å². The number of halogens is 3. The van der Waals surface area contributed by atoms with E-state index in [0.29, 0.717) is 17.1 Å². The first-order valence-corrected chi connectivity index (χ1v) is 12.2. The van der Waals surface area contributed by atoms with Crippen LogP contribution in [-0.4, -0.2) is 39.6 Å². The number of aromatic nitrogens is 2. The Balaban J connectivity index is 1.82. The highest BCUT2D eigenvalue weighted by atomic mass is 19.4. The highest BCUT2D eigenvalue weighted by Crippen LogP contribution is 2.36. The lowest BCUT2D eigenvalue weighted by Gasteiger charge is -2.18. The van der Waals surface area contributed by atoms with E-state index in [4.69, 9.17) is 10.5 Å². The second-order valence-corrected chi connectivity index (χ2v) is 8.95. The van der Waals surface area contributed by atoms with Crippen LogP contribution < -0.4 is 16.2 Å². The van der Waals surface area contributed by atoms with E-state index in [-0.39, 0.29) is 30.7 Å². The summed E-state index contributed by atoms with van der Waals surface area (Å²) in [5.41, 5.74) is 4.19. The van der Waals surface area contributed by atoms with Gasteiger partial charge in [-0.15, -0.1) is 0 Å². The highest BCUT2D eigenvalue weighted by Gasteiger charge is 2.36. The second kappa shape index (κ2) is 11.5. The zero-order valence-corrected chi connectivity index (χ0v) is 21.1. The number of benzene rings is 3. The molecule has 4 aromatic rings. The van der Waals surface area contributed by atoms with Crippen LogP contribution in [-0.2, 0) is 30.5 Å². The molecular weight excluding hydrogens is 513 g/mol. The number of amides is 3. The van der Waals surface area contributed by atoms with Crippen molar-refractivity contribution < 1.29 is 27.5 Å². The number of carbonyl (C=O) groups excluding carboxylic acids is 2. The third-order valence-electron chi connectivity index (χ3n) is 6.34. The van der Waals surface area contributed by atoms with Crippen molar-refractivity contribution in [3.05, 3.63) is 100.0 Å². The van der Waals surface area contributed by atoms with Gasteiger partial charge in [-0.25, -0.2) is 9.59 Å². The number of likely N-dealkylation sites (N-methyl/N-ethyl adjacent to an activating group) is 1. The fourth-order valence-electron chi connectivity index (χ4n) is 4.38. The lowest BCUT2D eigenvalue weighted by molar-refractivity contribution is -0.138. The van der Waals surface area contributed by atoms with E-state index in [1.165, 1.54) is 15.2 Å². The molecule has 0 fully saturated rings. The number of para-hydroxylation sites is 1. The van der Waals surface area contributed by atoms with Crippen molar-refractivity contribution in [3.8, 4) is 5.75 Å². The quantitative estimate of drug-likeness (QED) is 0.318. The number of imidazole rings is 1. The van der Waals surface area contributed by atoms with Crippen LogP contribution in [0.2, 0.25) is 0 Å². The maximum Gasteiger partial charge on any atom is 0.416 e. The third kappa shape index (κ3) is 6.14. The molecule has 3 amide bonds. The van der Waals surface area contributed by atoms with Crippen molar-refractivity contribution in [2.75, 3.05) is 13.7 Å². The molecule has 1 heterocycles. The smallest absolute Gasteiger partial charge is 0.416 e. The molecule has 8 nitrogen and oxygen atoms in total. The van der Waals surface area contributed by atoms with Crippen LogP contribution in [0.4, 0.5) is 18.0 Å². The van der Waals surface area contributed by atoms with Gasteiger partial charge >= 0.3 is 17.9 Å². The van der Waals surface area contributed by atoms with Gasteiger partial charge in [0.25, 0.3) is 0 Å². The predicted octanol–water partition coefficient (Wildman–Crippen LogP) is 4.42. The van der Waals surface area contributed by atoms with Crippen LogP contribution in [0.25, 0.3) is 11.0 Å². The predicted molar refractivity (Wildman–Crippen MR) is 139 cm³/mol. The summed E-state index contributed by atoms with van der Waals surface area (Å²) in [6.07, 6.45) is -5.28. The van der Waals surface area contributed by atoms with Crippen LogP contribution in [0.5, 0.6) is 5.75 Å². The summed E-state index contributed by atoms with van der Waals surface area (Å²) in [6, 6.07) is 19.0. The molecule has 204 valence electrons. The van der Waals surface area contributed by atoms with E-state index >= 15 is 0 Å². The first-order chi connectivity index (χ1) is 18.6. The molecular formula is C28H27F3N4O4. The van der Waals surface area contributed by atoms with E-state index in [9.17, 15) is 27.6 Å². The Morgan fingerprint density at radius 2 is 1.59 bits per heavy atom. The summed E-state index contributed by atoms with van der Waals surface area (Å²) in [4.78, 5) is 38.4. The number of hydrogen-bond donors (Lipinski definition) is 1. The van der Waals surface area contributed by atoms with Gasteiger partial charge in [0.2, 0.25) is 5.91 Å². The lowest BCUT2D eigenvalue weighted by atomic mass is 10.0. The monoisotopic (exact) mass is 540 g/mol. The largest absolute Gasteiger partial charge is 0.494 e. The normalized spacial score (nSPS) is 11.5. The SMILES string of the molecule is CN(C(N)=O)C(=O)Cc1c(C(F)(F)F)ccc2c1n(CCCOc1ccccc1)c(=O)n2Cc1ccccc1. The van der Waals surface area contributed by atoms with E-state index < -0.39 is 41.4 Å². The average molecular weight is 541 g/mol. The van der Waals surface area contributed by atoms with E-state index in [2.05, 4.69) is 0 Å². The topological polar surface area (TPSA) is 99.6 Å². The molecule has 0 aliphatic carbocycles. The number of fused-ring (bicyclic) bond motifs is 1. The summed E-state index contributed by atoms with van der Waals surface area (Å²) in [5.74, 6) is -0.306. The summed E-state index contributed by atoms with van der Waals surface area (Å²) in [5, 5.41) is 0. The molecule has 1 aromatic heterocycles. The van der Waals surface area contributed by atoms with Gasteiger partial charge in [0.15, 0.2) is 0 Å². The summed E-state index contributed by atoms with van der Waals surface area (Å²) >= 11 is 0. The molecule has 0 unspecified atom stereocenters. The average Bonchev–Trinajstić information content (AvgIpc) is 3.17. The Morgan fingerprint density at radius 3 is 2.21 bits per heavy atom. The van der Waals surface area contributed by atoms with Gasteiger partial charge in [-0.1, -0.05) is 48.5 Å². The molecule has 0 aliphatic rings. The Kier molecular flexibility index (Phi) is 8.08. The minimum Gasteiger partial charge on any atom is -0.494 e. The fourth-order valence-corrected chi connectivity index (χ4v) is 4.38. The van der Waals surface area contributed by atoms with Gasteiger partial charge in [-0.2, -0.15) is 13.2 Å². The number of urea groups is 1. The molecule has 4 rings (SSSR count). The number of nitrogens with zero attached hydrogens (tertiary/aromatic N) is 3. The van der Waals surface area contributed by atoms with Crippen LogP contribution in [0.3, 0.4) is 0 Å². The minimum atomic E-state index is -4.81. The third-order valence-corrected chi connectivity index (χ3v) is 6.34. The highest BCUT2D eigenvalue weighted by molar-refractivity contribution is 5.96. The Hall–Kier alpha value is -4.54. The van der Waals surface area contributed by atoms with Crippen LogP contribution in [0, 0.1) is 0 Å². The van der Waals surface area contributed by atoms with Crippen molar-refractivity contribution in [2.45, 2.75) is 32.1 Å². The van der Waals surface area contributed by atoms with Crippen molar-refractivity contribution in [1.82, 2.24) is 14.0 Å². The van der Waals surface area contributed by atoms with Crippen LogP contribution in [0.1, 0.15) is 23.1 Å². The lowest BCUT2D eigenvalue weighted by Crippen LogP contribution is -2.38. The zero-order chi connectivity index (χ0) is 28.2. The number of nitrogens with two attached hydrogens (primary N) is 1. The molecule has 0 aliphatic heterocycles. The fraction of sp³-hybridized carbons (Fsp3) is 0.250. The molecule has 3 aromatic carbocycles. The van der Waals surface area contributed by atoms with Gasteiger partial charge in [0.05, 0.1) is 36.2 Å². The zero-order valence-electron chi connectivity index (χ0n) is 21.1. The number of primary amides is 1. The summed E-state index contributed by atoms with van der Waals surface area (Å²) < 4.78 is 50.7.